The molecule has 1 N–H and O–H groups in total. The van der Waals surface area contributed by atoms with E-state index in [9.17, 15) is 0 Å². The molecule has 0 atom stereocenters. The van der Waals surface area contributed by atoms with E-state index in [1.165, 1.54) is 0 Å². The summed E-state index contributed by atoms with van der Waals surface area (Å²) < 4.78 is 5.07. The molecule has 0 spiro atoms. The van der Waals surface area contributed by atoms with Crippen LogP contribution in [0.4, 0.5) is 5.95 Å². The zero-order valence-electron chi connectivity index (χ0n) is 11.7. The van der Waals surface area contributed by atoms with Crippen molar-refractivity contribution in [3.63, 3.8) is 0 Å². The van der Waals surface area contributed by atoms with E-state index in [-0.39, 0.29) is 6.61 Å². The van der Waals surface area contributed by atoms with Gasteiger partial charge in [0.1, 0.15) is 0 Å². The molecule has 0 aromatic carbocycles. The molecule has 5 nitrogen and oxygen atoms in total. The van der Waals surface area contributed by atoms with Crippen LogP contribution < -0.4 is 4.90 Å². The Morgan fingerprint density at radius 1 is 1.33 bits per heavy atom. The molecule has 0 radical (unpaired) electrons. The van der Waals surface area contributed by atoms with Crippen LogP contribution in [0.15, 0.2) is 6.07 Å². The lowest BCUT2D eigenvalue weighted by Crippen LogP contribution is -2.32. The van der Waals surface area contributed by atoms with Crippen LogP contribution in [0.3, 0.4) is 0 Å². The normalized spacial score (nSPS) is 11.0. The lowest BCUT2D eigenvalue weighted by atomic mass is 10.1. The molecule has 1 aromatic rings. The van der Waals surface area contributed by atoms with Crippen molar-refractivity contribution in [2.75, 3.05) is 38.3 Å². The number of anilines is 1. The number of rotatable bonds is 7. The van der Waals surface area contributed by atoms with Crippen molar-refractivity contribution in [3.8, 4) is 0 Å². The zero-order valence-corrected chi connectivity index (χ0v) is 11.7. The predicted octanol–water partition coefficient (Wildman–Crippen LogP) is 1.35. The molecule has 1 aromatic heterocycles. The van der Waals surface area contributed by atoms with Crippen LogP contribution in [0.25, 0.3) is 0 Å². The van der Waals surface area contributed by atoms with Crippen LogP contribution in [-0.4, -0.2) is 48.5 Å². The summed E-state index contributed by atoms with van der Waals surface area (Å²) in [7, 11) is 1.66. The number of aliphatic hydroxyl groups excluding tert-OH is 1. The summed E-state index contributed by atoms with van der Waals surface area (Å²) >= 11 is 0. The fourth-order valence-electron chi connectivity index (χ4n) is 1.65. The second-order valence-electron chi connectivity index (χ2n) is 4.59. The first-order valence-corrected chi connectivity index (χ1v) is 6.28. The number of aliphatic hydroxyl groups is 1. The van der Waals surface area contributed by atoms with Gasteiger partial charge in [0.25, 0.3) is 0 Å². The van der Waals surface area contributed by atoms with Gasteiger partial charge in [0.15, 0.2) is 0 Å². The van der Waals surface area contributed by atoms with Gasteiger partial charge in [0, 0.05) is 31.6 Å². The van der Waals surface area contributed by atoms with Crippen molar-refractivity contribution in [2.45, 2.75) is 26.7 Å². The van der Waals surface area contributed by atoms with Gasteiger partial charge in [-0.25, -0.2) is 9.97 Å². The molecule has 0 aliphatic carbocycles. The van der Waals surface area contributed by atoms with Crippen LogP contribution in [0.1, 0.15) is 31.2 Å². The Balaban J connectivity index is 2.95. The molecule has 0 saturated carbocycles. The molecule has 0 amide bonds. The maximum atomic E-state index is 9.11. The van der Waals surface area contributed by atoms with Gasteiger partial charge in [-0.2, -0.15) is 0 Å². The van der Waals surface area contributed by atoms with Gasteiger partial charge in [-0.15, -0.1) is 0 Å². The molecule has 0 bridgehead atoms. The van der Waals surface area contributed by atoms with Crippen molar-refractivity contribution in [1.29, 1.82) is 0 Å². The highest BCUT2D eigenvalue weighted by atomic mass is 16.5. The van der Waals surface area contributed by atoms with E-state index in [2.05, 4.69) is 23.8 Å². The van der Waals surface area contributed by atoms with E-state index in [1.807, 2.05) is 17.9 Å². The minimum Gasteiger partial charge on any atom is -0.395 e. The standard InChI is InChI=1S/C13H23N3O2/c1-10(2)12-9-11(3)14-13(15-12)16(5-7-17)6-8-18-4/h9-10,17H,5-8H2,1-4H3. The van der Waals surface area contributed by atoms with Gasteiger partial charge in [0.05, 0.1) is 13.2 Å². The number of aromatic nitrogens is 2. The van der Waals surface area contributed by atoms with Crippen LogP contribution in [-0.2, 0) is 4.74 Å². The van der Waals surface area contributed by atoms with E-state index in [1.54, 1.807) is 7.11 Å². The molecule has 0 aliphatic heterocycles. The van der Waals surface area contributed by atoms with Crippen molar-refractivity contribution in [3.05, 3.63) is 17.5 Å². The molecule has 0 aliphatic rings. The average molecular weight is 253 g/mol. The van der Waals surface area contributed by atoms with Crippen molar-refractivity contribution < 1.29 is 9.84 Å². The monoisotopic (exact) mass is 253 g/mol. The smallest absolute Gasteiger partial charge is 0.225 e. The second kappa shape index (κ2) is 7.28. The van der Waals surface area contributed by atoms with Crippen molar-refractivity contribution in [2.24, 2.45) is 0 Å². The first-order chi connectivity index (χ1) is 8.58. The summed E-state index contributed by atoms with van der Waals surface area (Å²) in [6.45, 7) is 8.05. The topological polar surface area (TPSA) is 58.5 Å². The fraction of sp³-hybridized carbons (Fsp3) is 0.692. The van der Waals surface area contributed by atoms with Crippen LogP contribution >= 0.6 is 0 Å². The van der Waals surface area contributed by atoms with Gasteiger partial charge < -0.3 is 14.7 Å². The first kappa shape index (κ1) is 14.9. The minimum atomic E-state index is 0.0814. The van der Waals surface area contributed by atoms with E-state index < -0.39 is 0 Å². The quantitative estimate of drug-likeness (QED) is 0.795. The number of methoxy groups -OCH3 is 1. The molecule has 0 fully saturated rings. The van der Waals surface area contributed by atoms with E-state index in [4.69, 9.17) is 9.84 Å². The highest BCUT2D eigenvalue weighted by Crippen LogP contribution is 2.16. The summed E-state index contributed by atoms with van der Waals surface area (Å²) in [5.74, 6) is 1.04. The van der Waals surface area contributed by atoms with Crippen LogP contribution in [0, 0.1) is 6.92 Å². The average Bonchev–Trinajstić information content (AvgIpc) is 2.33. The highest BCUT2D eigenvalue weighted by molar-refractivity contribution is 5.33. The second-order valence-corrected chi connectivity index (χ2v) is 4.59. The van der Waals surface area contributed by atoms with Crippen molar-refractivity contribution >= 4 is 5.95 Å². The number of hydrogen-bond acceptors (Lipinski definition) is 5. The Hall–Kier alpha value is -1.20. The van der Waals surface area contributed by atoms with Gasteiger partial charge in [-0.3, -0.25) is 0 Å². The third kappa shape index (κ3) is 4.23. The minimum absolute atomic E-state index is 0.0814. The van der Waals surface area contributed by atoms with Crippen LogP contribution in [0.2, 0.25) is 0 Å². The number of hydrogen-bond donors (Lipinski definition) is 1. The van der Waals surface area contributed by atoms with Gasteiger partial charge in [0.2, 0.25) is 5.95 Å². The first-order valence-electron chi connectivity index (χ1n) is 6.28. The fourth-order valence-corrected chi connectivity index (χ4v) is 1.65. The molecule has 1 heterocycles. The van der Waals surface area contributed by atoms with E-state index >= 15 is 0 Å². The Morgan fingerprint density at radius 2 is 2.06 bits per heavy atom. The zero-order chi connectivity index (χ0) is 13.5. The Morgan fingerprint density at radius 3 is 2.61 bits per heavy atom. The predicted molar refractivity (Wildman–Crippen MR) is 72.0 cm³/mol. The molecule has 1 rings (SSSR count). The summed E-state index contributed by atoms with van der Waals surface area (Å²) in [4.78, 5) is 10.9. The van der Waals surface area contributed by atoms with Gasteiger partial charge >= 0.3 is 0 Å². The number of ether oxygens (including phenoxy) is 1. The molecule has 0 unspecified atom stereocenters. The maximum Gasteiger partial charge on any atom is 0.225 e. The van der Waals surface area contributed by atoms with Gasteiger partial charge in [-0.1, -0.05) is 13.8 Å². The molecule has 18 heavy (non-hydrogen) atoms. The van der Waals surface area contributed by atoms with E-state index in [0.717, 1.165) is 11.4 Å². The lowest BCUT2D eigenvalue weighted by molar-refractivity contribution is 0.202. The van der Waals surface area contributed by atoms with Crippen molar-refractivity contribution in [1.82, 2.24) is 9.97 Å². The maximum absolute atomic E-state index is 9.11. The number of aryl methyl sites for hydroxylation is 1. The van der Waals surface area contributed by atoms with E-state index in [0.29, 0.717) is 31.6 Å². The molecular formula is C13H23N3O2. The SMILES string of the molecule is COCCN(CCO)c1nc(C)cc(C(C)C)n1. The lowest BCUT2D eigenvalue weighted by Gasteiger charge is -2.22. The summed E-state index contributed by atoms with van der Waals surface area (Å²) in [6, 6.07) is 2.00. The Bertz CT molecular complexity index is 369. The molecule has 5 heteroatoms. The summed E-state index contributed by atoms with van der Waals surface area (Å²) in [5, 5.41) is 9.11. The Kier molecular flexibility index (Phi) is 6.01. The molecule has 102 valence electrons. The largest absolute Gasteiger partial charge is 0.395 e. The summed E-state index contributed by atoms with van der Waals surface area (Å²) in [6.07, 6.45) is 0. The van der Waals surface area contributed by atoms with Gasteiger partial charge in [-0.05, 0) is 18.9 Å². The Labute approximate surface area is 109 Å². The molecular weight excluding hydrogens is 230 g/mol. The molecule has 0 saturated heterocycles. The third-order valence-electron chi connectivity index (χ3n) is 2.67. The summed E-state index contributed by atoms with van der Waals surface area (Å²) in [5.41, 5.74) is 1.97. The third-order valence-corrected chi connectivity index (χ3v) is 2.67. The number of nitrogens with zero attached hydrogens (tertiary/aromatic N) is 3. The van der Waals surface area contributed by atoms with Crippen LogP contribution in [0.5, 0.6) is 0 Å². The highest BCUT2D eigenvalue weighted by Gasteiger charge is 2.12.